The Morgan fingerprint density at radius 1 is 1.28 bits per heavy atom. The van der Waals surface area contributed by atoms with Gasteiger partial charge in [0.2, 0.25) is 11.3 Å². The Balaban J connectivity index is 1.89. The number of anilines is 1. The number of H-pyrrole nitrogens is 1. The van der Waals surface area contributed by atoms with Crippen molar-refractivity contribution in [2.75, 3.05) is 17.7 Å². The van der Waals surface area contributed by atoms with Gasteiger partial charge in [-0.05, 0) is 25.5 Å². The number of pyridine rings is 1. The molecular formula is C18H22N2O4S. The van der Waals surface area contributed by atoms with Crippen LogP contribution in [0.5, 0.6) is 5.75 Å². The van der Waals surface area contributed by atoms with Crippen LogP contribution in [0, 0.1) is 6.92 Å². The average Bonchev–Trinajstić information content (AvgIpc) is 2.56. The molecule has 25 heavy (non-hydrogen) atoms. The van der Waals surface area contributed by atoms with E-state index in [-0.39, 0.29) is 28.6 Å². The number of nitrogens with one attached hydrogen (secondary N) is 2. The number of ether oxygens (including phenoxy) is 1. The lowest BCUT2D eigenvalue weighted by Crippen LogP contribution is -2.21. The molecule has 0 saturated carbocycles. The SMILES string of the molecule is CCCOc1c[nH]c(CS(=O)CC(=O)Nc2ccc(C)cc2)cc1=O. The van der Waals surface area contributed by atoms with Gasteiger partial charge in [-0.1, -0.05) is 24.6 Å². The summed E-state index contributed by atoms with van der Waals surface area (Å²) in [6.45, 7) is 4.38. The minimum absolute atomic E-state index is 0.102. The Kier molecular flexibility index (Phi) is 6.94. The normalized spacial score (nSPS) is 11.8. The van der Waals surface area contributed by atoms with Crippen LogP contribution in [0.1, 0.15) is 24.6 Å². The summed E-state index contributed by atoms with van der Waals surface area (Å²) < 4.78 is 17.4. The first kappa shape index (κ1) is 18.9. The van der Waals surface area contributed by atoms with E-state index in [1.165, 1.54) is 12.3 Å². The number of carbonyl (C=O) groups is 1. The maximum Gasteiger partial charge on any atom is 0.237 e. The first-order valence-electron chi connectivity index (χ1n) is 8.04. The molecule has 1 atom stereocenters. The standard InChI is InChI=1S/C18H22N2O4S/c1-3-8-24-17-10-19-15(9-16(17)21)11-25(23)12-18(22)20-14-6-4-13(2)5-7-14/h4-7,9-10H,3,8,11-12H2,1-2H3,(H,19,21)(H,20,22). The van der Waals surface area contributed by atoms with Crippen molar-refractivity contribution in [1.29, 1.82) is 0 Å². The van der Waals surface area contributed by atoms with E-state index in [1.807, 2.05) is 26.0 Å². The van der Waals surface area contributed by atoms with E-state index in [4.69, 9.17) is 4.74 Å². The van der Waals surface area contributed by atoms with Gasteiger partial charge in [-0.15, -0.1) is 0 Å². The fourth-order valence-electron chi connectivity index (χ4n) is 2.11. The number of aromatic nitrogens is 1. The smallest absolute Gasteiger partial charge is 0.237 e. The summed E-state index contributed by atoms with van der Waals surface area (Å²) >= 11 is 0. The fourth-order valence-corrected chi connectivity index (χ4v) is 3.09. The average molecular weight is 362 g/mol. The molecule has 134 valence electrons. The highest BCUT2D eigenvalue weighted by molar-refractivity contribution is 7.84. The summed E-state index contributed by atoms with van der Waals surface area (Å²) in [5, 5.41) is 2.71. The molecule has 1 aromatic carbocycles. The molecule has 2 N–H and O–H groups in total. The summed E-state index contributed by atoms with van der Waals surface area (Å²) in [6.07, 6.45) is 2.28. The molecule has 0 aliphatic carbocycles. The summed E-state index contributed by atoms with van der Waals surface area (Å²) in [7, 11) is -1.42. The fraction of sp³-hybridized carbons (Fsp3) is 0.333. The number of rotatable bonds is 8. The van der Waals surface area contributed by atoms with E-state index in [1.54, 1.807) is 12.1 Å². The Morgan fingerprint density at radius 3 is 2.64 bits per heavy atom. The van der Waals surface area contributed by atoms with E-state index in [0.717, 1.165) is 12.0 Å². The molecule has 0 bridgehead atoms. The zero-order chi connectivity index (χ0) is 18.2. The van der Waals surface area contributed by atoms with Crippen molar-refractivity contribution in [2.24, 2.45) is 0 Å². The molecule has 0 spiro atoms. The first-order chi connectivity index (χ1) is 12.0. The van der Waals surface area contributed by atoms with Gasteiger partial charge in [0.15, 0.2) is 5.75 Å². The highest BCUT2D eigenvalue weighted by Gasteiger charge is 2.11. The summed E-state index contributed by atoms with van der Waals surface area (Å²) in [6, 6.07) is 8.73. The molecule has 1 heterocycles. The second-order valence-corrected chi connectivity index (χ2v) is 7.13. The Morgan fingerprint density at radius 2 is 2.00 bits per heavy atom. The molecule has 1 unspecified atom stereocenters. The number of benzene rings is 1. The second-order valence-electron chi connectivity index (χ2n) is 5.68. The molecule has 1 aromatic heterocycles. The van der Waals surface area contributed by atoms with Crippen LogP contribution >= 0.6 is 0 Å². The molecule has 1 amide bonds. The predicted octanol–water partition coefficient (Wildman–Crippen LogP) is 2.36. The molecule has 0 radical (unpaired) electrons. The van der Waals surface area contributed by atoms with Crippen molar-refractivity contribution in [3.8, 4) is 5.75 Å². The zero-order valence-electron chi connectivity index (χ0n) is 14.3. The van der Waals surface area contributed by atoms with Gasteiger partial charge in [-0.25, -0.2) is 0 Å². The predicted molar refractivity (Wildman–Crippen MR) is 99.4 cm³/mol. The number of aromatic amines is 1. The molecule has 0 saturated heterocycles. The van der Waals surface area contributed by atoms with Crippen molar-refractivity contribution in [2.45, 2.75) is 26.0 Å². The van der Waals surface area contributed by atoms with E-state index < -0.39 is 10.8 Å². The van der Waals surface area contributed by atoms with Crippen molar-refractivity contribution in [3.05, 3.63) is 58.0 Å². The number of carbonyl (C=O) groups excluding carboxylic acids is 1. The summed E-state index contributed by atoms with van der Waals surface area (Å²) in [5.74, 6) is -0.116. The maximum absolute atomic E-state index is 12.1. The molecule has 0 aliphatic rings. The number of hydrogen-bond acceptors (Lipinski definition) is 4. The minimum Gasteiger partial charge on any atom is -0.488 e. The van der Waals surface area contributed by atoms with Crippen molar-refractivity contribution in [3.63, 3.8) is 0 Å². The molecule has 0 aliphatic heterocycles. The first-order valence-corrected chi connectivity index (χ1v) is 9.52. The van der Waals surface area contributed by atoms with Gasteiger partial charge in [-0.3, -0.25) is 13.8 Å². The highest BCUT2D eigenvalue weighted by Crippen LogP contribution is 2.09. The van der Waals surface area contributed by atoms with Gasteiger partial charge in [0, 0.05) is 34.4 Å². The van der Waals surface area contributed by atoms with Crippen LogP contribution < -0.4 is 15.5 Å². The lowest BCUT2D eigenvalue weighted by atomic mass is 10.2. The van der Waals surface area contributed by atoms with Gasteiger partial charge in [-0.2, -0.15) is 0 Å². The lowest BCUT2D eigenvalue weighted by molar-refractivity contribution is -0.113. The van der Waals surface area contributed by atoms with Crippen LogP contribution in [-0.4, -0.2) is 27.5 Å². The van der Waals surface area contributed by atoms with Gasteiger partial charge in [0.25, 0.3) is 0 Å². The lowest BCUT2D eigenvalue weighted by Gasteiger charge is -2.07. The highest BCUT2D eigenvalue weighted by atomic mass is 32.2. The number of aryl methyl sites for hydroxylation is 1. The minimum atomic E-state index is -1.42. The van der Waals surface area contributed by atoms with Crippen LogP contribution in [0.3, 0.4) is 0 Å². The van der Waals surface area contributed by atoms with Crippen molar-refractivity contribution < 1.29 is 13.7 Å². The van der Waals surface area contributed by atoms with Gasteiger partial charge >= 0.3 is 0 Å². The zero-order valence-corrected chi connectivity index (χ0v) is 15.2. The topological polar surface area (TPSA) is 88.3 Å². The third-order valence-corrected chi connectivity index (χ3v) is 4.56. The van der Waals surface area contributed by atoms with E-state index in [0.29, 0.717) is 18.0 Å². The molecule has 7 heteroatoms. The molecule has 2 aromatic rings. The largest absolute Gasteiger partial charge is 0.488 e. The van der Waals surface area contributed by atoms with Crippen LogP contribution in [0.2, 0.25) is 0 Å². The van der Waals surface area contributed by atoms with Crippen molar-refractivity contribution >= 4 is 22.4 Å². The van der Waals surface area contributed by atoms with E-state index >= 15 is 0 Å². The van der Waals surface area contributed by atoms with E-state index in [2.05, 4.69) is 10.3 Å². The molecule has 2 rings (SSSR count). The Hall–Kier alpha value is -2.41. The van der Waals surface area contributed by atoms with E-state index in [9.17, 15) is 13.8 Å². The van der Waals surface area contributed by atoms with Gasteiger partial charge in [0.1, 0.15) is 5.75 Å². The molecule has 6 nitrogen and oxygen atoms in total. The molecular weight excluding hydrogens is 340 g/mol. The Labute approximate surface area is 149 Å². The van der Waals surface area contributed by atoms with Crippen molar-refractivity contribution in [1.82, 2.24) is 4.98 Å². The third-order valence-electron chi connectivity index (χ3n) is 3.34. The monoisotopic (exact) mass is 362 g/mol. The number of hydrogen-bond donors (Lipinski definition) is 2. The summed E-state index contributed by atoms with van der Waals surface area (Å²) in [5.41, 5.74) is 2.01. The number of amides is 1. The molecule has 0 fully saturated rings. The van der Waals surface area contributed by atoms with Gasteiger partial charge < -0.3 is 15.0 Å². The maximum atomic E-state index is 12.1. The summed E-state index contributed by atoms with van der Waals surface area (Å²) in [4.78, 5) is 26.7. The van der Waals surface area contributed by atoms with Gasteiger partial charge in [0.05, 0.1) is 12.4 Å². The quantitative estimate of drug-likeness (QED) is 0.754. The van der Waals surface area contributed by atoms with Crippen LogP contribution in [0.25, 0.3) is 0 Å². The second kappa shape index (κ2) is 9.17. The Bertz CT molecular complexity index is 799. The van der Waals surface area contributed by atoms with Crippen LogP contribution in [0.15, 0.2) is 41.3 Å². The third kappa shape index (κ3) is 6.19. The van der Waals surface area contributed by atoms with Crippen LogP contribution in [0.4, 0.5) is 5.69 Å². The van der Waals surface area contributed by atoms with Crippen LogP contribution in [-0.2, 0) is 21.3 Å².